The number of carboxylic acid groups (broad SMARTS) is 1. The molecule has 0 unspecified atom stereocenters. The van der Waals surface area contributed by atoms with E-state index in [4.69, 9.17) is 33.0 Å². The monoisotopic (exact) mass is 379 g/mol. The Morgan fingerprint density at radius 1 is 1.40 bits per heavy atom. The topological polar surface area (TPSA) is 77.2 Å². The first-order chi connectivity index (χ1) is 9.47. The summed E-state index contributed by atoms with van der Waals surface area (Å²) >= 11 is 15.2. The Bertz CT molecular complexity index is 648. The van der Waals surface area contributed by atoms with Gasteiger partial charge >= 0.3 is 5.97 Å². The average molecular weight is 381 g/mol. The molecule has 1 aromatic carbocycles. The van der Waals surface area contributed by atoms with Crippen molar-refractivity contribution in [2.24, 2.45) is 0 Å². The highest BCUT2D eigenvalue weighted by molar-refractivity contribution is 9.10. The number of benzene rings is 1. The smallest absolute Gasteiger partial charge is 0.358 e. The highest BCUT2D eigenvalue weighted by Gasteiger charge is 2.09. The first-order valence-electron chi connectivity index (χ1n) is 5.38. The fraction of sp³-hybridized carbons (Fsp3) is 0.182. The Hall–Kier alpha value is -1.31. The Balaban J connectivity index is 1.95. The molecule has 0 radical (unpaired) electrons. The predicted molar refractivity (Wildman–Crippen MR) is 76.6 cm³/mol. The molecule has 0 aliphatic rings. The number of aromatic nitrogens is 3. The molecular weight excluding hydrogens is 373 g/mol. The summed E-state index contributed by atoms with van der Waals surface area (Å²) in [6, 6.07) is 3.23. The summed E-state index contributed by atoms with van der Waals surface area (Å²) in [5.41, 5.74) is -0.116. The first-order valence-corrected chi connectivity index (χ1v) is 6.93. The molecule has 106 valence electrons. The minimum atomic E-state index is -1.13. The minimum absolute atomic E-state index is 0.116. The number of rotatable bonds is 5. The Labute approximate surface area is 132 Å². The summed E-state index contributed by atoms with van der Waals surface area (Å²) < 4.78 is 7.53. The van der Waals surface area contributed by atoms with Gasteiger partial charge in [0, 0.05) is 10.5 Å². The number of nitrogens with zero attached hydrogens (tertiary/aromatic N) is 3. The number of carboxylic acids is 1. The predicted octanol–water partition coefficient (Wildman–Crippen LogP) is 3.12. The molecule has 0 atom stereocenters. The van der Waals surface area contributed by atoms with Crippen LogP contribution in [0, 0.1) is 0 Å². The van der Waals surface area contributed by atoms with Crippen LogP contribution in [0.15, 0.2) is 22.8 Å². The molecule has 2 aromatic rings. The van der Waals surface area contributed by atoms with Crippen LogP contribution in [-0.4, -0.2) is 32.7 Å². The van der Waals surface area contributed by atoms with Crippen molar-refractivity contribution in [3.05, 3.63) is 38.5 Å². The van der Waals surface area contributed by atoms with Gasteiger partial charge in [-0.05, 0) is 22.0 Å². The Kier molecular flexibility index (Phi) is 4.85. The average Bonchev–Trinajstić information content (AvgIpc) is 2.84. The van der Waals surface area contributed by atoms with Gasteiger partial charge in [-0.25, -0.2) is 9.48 Å². The number of halogens is 3. The van der Waals surface area contributed by atoms with E-state index in [-0.39, 0.29) is 12.3 Å². The van der Waals surface area contributed by atoms with Crippen LogP contribution in [0.4, 0.5) is 0 Å². The molecule has 20 heavy (non-hydrogen) atoms. The number of ether oxygens (including phenoxy) is 1. The van der Waals surface area contributed by atoms with Crippen LogP contribution in [0.2, 0.25) is 10.0 Å². The van der Waals surface area contributed by atoms with Crippen molar-refractivity contribution in [1.29, 1.82) is 0 Å². The van der Waals surface area contributed by atoms with Crippen LogP contribution < -0.4 is 4.74 Å². The van der Waals surface area contributed by atoms with Crippen molar-refractivity contribution < 1.29 is 14.6 Å². The molecule has 6 nitrogen and oxygen atoms in total. The van der Waals surface area contributed by atoms with Gasteiger partial charge in [0.25, 0.3) is 0 Å². The number of hydrogen-bond donors (Lipinski definition) is 1. The van der Waals surface area contributed by atoms with Gasteiger partial charge in [-0.15, -0.1) is 5.10 Å². The molecule has 1 aromatic heterocycles. The summed E-state index contributed by atoms with van der Waals surface area (Å²) in [5.74, 6) is -0.682. The summed E-state index contributed by atoms with van der Waals surface area (Å²) in [6.45, 7) is 0.588. The van der Waals surface area contributed by atoms with E-state index in [0.717, 1.165) is 0 Å². The number of hydrogen-bond acceptors (Lipinski definition) is 4. The molecule has 1 N–H and O–H groups in total. The standard InChI is InChI=1S/C11H8BrCl2N3O3/c12-6-3-8(14)10(4-7(6)13)20-2-1-17-5-9(11(18)19)15-16-17/h3-5H,1-2H2,(H,18,19). The summed E-state index contributed by atoms with van der Waals surface area (Å²) in [6.07, 6.45) is 1.32. The molecule has 0 saturated heterocycles. The van der Waals surface area contributed by atoms with Crippen molar-refractivity contribution in [2.45, 2.75) is 6.54 Å². The van der Waals surface area contributed by atoms with Gasteiger partial charge in [-0.1, -0.05) is 28.4 Å². The van der Waals surface area contributed by atoms with Crippen LogP contribution in [0.5, 0.6) is 5.75 Å². The van der Waals surface area contributed by atoms with Crippen LogP contribution >= 0.6 is 39.1 Å². The summed E-state index contributed by atoms with van der Waals surface area (Å²) in [7, 11) is 0. The molecule has 0 fully saturated rings. The highest BCUT2D eigenvalue weighted by atomic mass is 79.9. The van der Waals surface area contributed by atoms with Gasteiger partial charge in [0.1, 0.15) is 12.4 Å². The third kappa shape index (κ3) is 3.62. The molecule has 1 heterocycles. The van der Waals surface area contributed by atoms with Crippen molar-refractivity contribution >= 4 is 45.1 Å². The Morgan fingerprint density at radius 2 is 2.15 bits per heavy atom. The minimum Gasteiger partial charge on any atom is -0.490 e. The molecular formula is C11H8BrCl2N3O3. The normalized spacial score (nSPS) is 10.6. The van der Waals surface area contributed by atoms with Crippen LogP contribution in [0.3, 0.4) is 0 Å². The van der Waals surface area contributed by atoms with Gasteiger partial charge in [0.15, 0.2) is 5.69 Å². The van der Waals surface area contributed by atoms with Gasteiger partial charge in [0.05, 0.1) is 22.8 Å². The van der Waals surface area contributed by atoms with Gasteiger partial charge in [-0.3, -0.25) is 0 Å². The number of aromatic carboxylic acids is 1. The largest absolute Gasteiger partial charge is 0.490 e. The lowest BCUT2D eigenvalue weighted by Gasteiger charge is -2.09. The lowest BCUT2D eigenvalue weighted by molar-refractivity contribution is 0.0690. The van der Waals surface area contributed by atoms with Crippen LogP contribution in [0.1, 0.15) is 10.5 Å². The highest BCUT2D eigenvalue weighted by Crippen LogP contribution is 2.33. The van der Waals surface area contributed by atoms with Crippen LogP contribution in [0.25, 0.3) is 0 Å². The SMILES string of the molecule is O=C(O)c1cn(CCOc2cc(Cl)c(Br)cc2Cl)nn1. The van der Waals surface area contributed by atoms with Crippen molar-refractivity contribution in [3.8, 4) is 5.75 Å². The van der Waals surface area contributed by atoms with Crippen molar-refractivity contribution in [3.63, 3.8) is 0 Å². The van der Waals surface area contributed by atoms with Crippen LogP contribution in [-0.2, 0) is 6.54 Å². The molecule has 0 aliphatic carbocycles. The van der Waals surface area contributed by atoms with E-state index in [2.05, 4.69) is 26.2 Å². The molecule has 0 saturated carbocycles. The van der Waals surface area contributed by atoms with Crippen molar-refractivity contribution in [1.82, 2.24) is 15.0 Å². The second-order valence-corrected chi connectivity index (χ2v) is 5.39. The maximum atomic E-state index is 10.6. The molecule has 0 bridgehead atoms. The molecule has 2 rings (SSSR count). The van der Waals surface area contributed by atoms with Crippen molar-refractivity contribution in [2.75, 3.05) is 6.61 Å². The molecule has 0 spiro atoms. The third-order valence-electron chi connectivity index (χ3n) is 2.31. The maximum absolute atomic E-state index is 10.6. The molecule has 0 aliphatic heterocycles. The van der Waals surface area contributed by atoms with Gasteiger partial charge in [0.2, 0.25) is 0 Å². The second kappa shape index (κ2) is 6.43. The maximum Gasteiger partial charge on any atom is 0.358 e. The van der Waals surface area contributed by atoms with E-state index in [0.29, 0.717) is 26.8 Å². The third-order valence-corrected chi connectivity index (χ3v) is 3.80. The fourth-order valence-electron chi connectivity index (χ4n) is 1.37. The quantitative estimate of drug-likeness (QED) is 0.806. The zero-order valence-corrected chi connectivity index (χ0v) is 13.0. The molecule has 0 amide bonds. The van der Waals surface area contributed by atoms with E-state index in [1.54, 1.807) is 12.1 Å². The van der Waals surface area contributed by atoms with E-state index in [1.807, 2.05) is 0 Å². The fourth-order valence-corrected chi connectivity index (χ4v) is 2.22. The zero-order chi connectivity index (χ0) is 14.7. The summed E-state index contributed by atoms with van der Waals surface area (Å²) in [4.78, 5) is 10.6. The molecule has 9 heteroatoms. The van der Waals surface area contributed by atoms with E-state index in [9.17, 15) is 4.79 Å². The van der Waals surface area contributed by atoms with E-state index in [1.165, 1.54) is 10.9 Å². The Morgan fingerprint density at radius 3 is 2.80 bits per heavy atom. The second-order valence-electron chi connectivity index (χ2n) is 3.72. The summed E-state index contributed by atoms with van der Waals surface area (Å²) in [5, 5.41) is 16.8. The van der Waals surface area contributed by atoms with E-state index < -0.39 is 5.97 Å². The lowest BCUT2D eigenvalue weighted by atomic mass is 10.3. The number of carbonyl (C=O) groups is 1. The first kappa shape index (κ1) is 15.1. The van der Waals surface area contributed by atoms with E-state index >= 15 is 0 Å². The van der Waals surface area contributed by atoms with Gasteiger partial charge in [-0.2, -0.15) is 0 Å². The lowest BCUT2D eigenvalue weighted by Crippen LogP contribution is -2.09. The zero-order valence-electron chi connectivity index (χ0n) is 9.89. The van der Waals surface area contributed by atoms with Gasteiger partial charge < -0.3 is 9.84 Å².